The van der Waals surface area contributed by atoms with Crippen LogP contribution in [0.5, 0.6) is 0 Å². The van der Waals surface area contributed by atoms with Gasteiger partial charge in [-0.3, -0.25) is 37.3 Å². The van der Waals surface area contributed by atoms with Crippen molar-refractivity contribution in [3.05, 3.63) is 122 Å². The Balaban J connectivity index is 5.45. The first-order valence-corrected chi connectivity index (χ1v) is 43.8. The summed E-state index contributed by atoms with van der Waals surface area (Å²) in [6, 6.07) is 0. The maximum Gasteiger partial charge on any atom is 0.472 e. The average Bonchev–Trinajstić information content (AvgIpc) is 0.943. The molecule has 0 fully saturated rings. The first kappa shape index (κ1) is 99.5. The van der Waals surface area contributed by atoms with E-state index in [1.807, 2.05) is 18.2 Å². The number of ether oxygens (including phenoxy) is 4. The van der Waals surface area contributed by atoms with Crippen molar-refractivity contribution in [1.29, 1.82) is 0 Å². The second kappa shape index (κ2) is 76.6. The van der Waals surface area contributed by atoms with Crippen molar-refractivity contribution in [3.8, 4) is 0 Å². The number of aliphatic hydroxyl groups excluding tert-OH is 1. The molecule has 104 heavy (non-hydrogen) atoms. The fourth-order valence-electron chi connectivity index (χ4n) is 10.7. The van der Waals surface area contributed by atoms with Gasteiger partial charge in [0.05, 0.1) is 26.4 Å². The molecule has 19 heteroatoms. The number of carbonyl (C=O) groups is 4. The number of unbranched alkanes of at least 4 members (excludes halogenated alkanes) is 30. The van der Waals surface area contributed by atoms with E-state index in [4.69, 9.17) is 37.0 Å². The van der Waals surface area contributed by atoms with Crippen molar-refractivity contribution in [1.82, 2.24) is 0 Å². The molecule has 2 unspecified atom stereocenters. The van der Waals surface area contributed by atoms with Crippen LogP contribution in [0.15, 0.2) is 122 Å². The molecule has 0 aliphatic heterocycles. The van der Waals surface area contributed by atoms with E-state index < -0.39 is 97.5 Å². The molecular weight excluding hydrogens is 1350 g/mol. The van der Waals surface area contributed by atoms with E-state index >= 15 is 0 Å². The third-order valence-electron chi connectivity index (χ3n) is 16.9. The van der Waals surface area contributed by atoms with Crippen LogP contribution in [0.25, 0.3) is 0 Å². The summed E-state index contributed by atoms with van der Waals surface area (Å²) in [6.07, 6.45) is 84.7. The van der Waals surface area contributed by atoms with Crippen molar-refractivity contribution < 1.29 is 80.2 Å². The minimum Gasteiger partial charge on any atom is -0.462 e. The second-order valence-electron chi connectivity index (χ2n) is 27.0. The minimum atomic E-state index is -5.00. The Hall–Kier alpha value is -4.54. The van der Waals surface area contributed by atoms with Gasteiger partial charge in [-0.2, -0.15) is 0 Å². The maximum atomic E-state index is 13.1. The molecule has 0 aliphatic rings. The maximum absolute atomic E-state index is 13.1. The lowest BCUT2D eigenvalue weighted by Gasteiger charge is -2.21. The Morgan fingerprint density at radius 2 is 0.519 bits per heavy atom. The van der Waals surface area contributed by atoms with Gasteiger partial charge in [-0.15, -0.1) is 0 Å². The fraction of sp³-hybridized carbons (Fsp3) is 0.718. The third-order valence-corrected chi connectivity index (χ3v) is 18.8. The molecule has 0 aromatic carbocycles. The highest BCUT2D eigenvalue weighted by Gasteiger charge is 2.30. The van der Waals surface area contributed by atoms with E-state index in [-0.39, 0.29) is 25.7 Å². The molecule has 0 rings (SSSR count). The highest BCUT2D eigenvalue weighted by molar-refractivity contribution is 7.47. The Kier molecular flexibility index (Phi) is 73.3. The van der Waals surface area contributed by atoms with Crippen LogP contribution in [0.4, 0.5) is 0 Å². The second-order valence-corrected chi connectivity index (χ2v) is 29.9. The number of rotatable bonds is 76. The van der Waals surface area contributed by atoms with E-state index in [1.165, 1.54) is 103 Å². The molecule has 0 saturated heterocycles. The summed E-state index contributed by atoms with van der Waals surface area (Å²) in [7, 11) is -9.99. The number of phosphoric acid groups is 2. The lowest BCUT2D eigenvalue weighted by atomic mass is 10.0. The summed E-state index contributed by atoms with van der Waals surface area (Å²) in [5.74, 6) is -2.29. The summed E-state index contributed by atoms with van der Waals surface area (Å²) in [5.41, 5.74) is 0. The summed E-state index contributed by atoms with van der Waals surface area (Å²) in [4.78, 5) is 73.0. The number of aliphatic hydroxyl groups is 1. The Bertz CT molecular complexity index is 2440. The van der Waals surface area contributed by atoms with Crippen molar-refractivity contribution in [3.63, 3.8) is 0 Å². The predicted molar refractivity (Wildman–Crippen MR) is 427 cm³/mol. The summed E-state index contributed by atoms with van der Waals surface area (Å²) in [6.45, 7) is 4.63. The zero-order valence-corrected chi connectivity index (χ0v) is 67.2. The van der Waals surface area contributed by atoms with Crippen LogP contribution in [-0.2, 0) is 65.4 Å². The topological polar surface area (TPSA) is 237 Å². The van der Waals surface area contributed by atoms with Crippen LogP contribution in [0.3, 0.4) is 0 Å². The van der Waals surface area contributed by atoms with Gasteiger partial charge in [-0.1, -0.05) is 303 Å². The van der Waals surface area contributed by atoms with Gasteiger partial charge in [0, 0.05) is 25.7 Å². The quantitative estimate of drug-likeness (QED) is 0.0169. The Morgan fingerprint density at radius 3 is 0.846 bits per heavy atom. The van der Waals surface area contributed by atoms with Crippen LogP contribution in [0.2, 0.25) is 0 Å². The van der Waals surface area contributed by atoms with Gasteiger partial charge in [0.25, 0.3) is 0 Å². The van der Waals surface area contributed by atoms with Crippen LogP contribution >= 0.6 is 15.6 Å². The molecule has 17 nitrogen and oxygen atoms in total. The van der Waals surface area contributed by atoms with Crippen molar-refractivity contribution >= 4 is 39.5 Å². The third kappa shape index (κ3) is 75.7. The fourth-order valence-corrected chi connectivity index (χ4v) is 12.3. The van der Waals surface area contributed by atoms with Crippen LogP contribution in [0, 0.1) is 0 Å². The molecule has 0 bridgehead atoms. The lowest BCUT2D eigenvalue weighted by Crippen LogP contribution is -2.30. The molecule has 0 aromatic heterocycles. The molecule has 0 amide bonds. The van der Waals surface area contributed by atoms with Gasteiger partial charge in [-0.25, -0.2) is 9.13 Å². The number of hydrogen-bond donors (Lipinski definition) is 3. The van der Waals surface area contributed by atoms with Crippen LogP contribution < -0.4 is 0 Å². The molecule has 0 heterocycles. The summed E-state index contributed by atoms with van der Waals surface area (Å²) >= 11 is 0. The summed E-state index contributed by atoms with van der Waals surface area (Å²) < 4.78 is 68.6. The zero-order valence-electron chi connectivity index (χ0n) is 65.4. The van der Waals surface area contributed by atoms with Crippen molar-refractivity contribution in [2.75, 3.05) is 39.6 Å². The molecule has 0 aromatic rings. The van der Waals surface area contributed by atoms with Crippen LogP contribution in [-0.4, -0.2) is 96.7 Å². The van der Waals surface area contributed by atoms with Crippen molar-refractivity contribution in [2.45, 2.75) is 354 Å². The molecule has 3 N–H and O–H groups in total. The number of hydrogen-bond acceptors (Lipinski definition) is 15. The lowest BCUT2D eigenvalue weighted by molar-refractivity contribution is -0.161. The number of allylic oxidation sites excluding steroid dienone is 20. The first-order valence-electron chi connectivity index (χ1n) is 40.8. The van der Waals surface area contributed by atoms with Gasteiger partial charge in [0.2, 0.25) is 0 Å². The van der Waals surface area contributed by atoms with Gasteiger partial charge in [-0.05, 0) is 128 Å². The van der Waals surface area contributed by atoms with Gasteiger partial charge in [0.1, 0.15) is 19.3 Å². The molecule has 5 atom stereocenters. The normalized spacial score (nSPS) is 14.5. The monoisotopic (exact) mass is 1500 g/mol. The number of esters is 4. The molecule has 598 valence electrons. The highest BCUT2D eigenvalue weighted by atomic mass is 31.2. The van der Waals surface area contributed by atoms with Gasteiger partial charge in [0.15, 0.2) is 12.2 Å². The highest BCUT2D eigenvalue weighted by Crippen LogP contribution is 2.45. The van der Waals surface area contributed by atoms with Crippen molar-refractivity contribution in [2.24, 2.45) is 0 Å². The Labute approximate surface area is 632 Å². The van der Waals surface area contributed by atoms with Gasteiger partial charge >= 0.3 is 39.5 Å². The smallest absolute Gasteiger partial charge is 0.462 e. The SMILES string of the molecule is CC/C=C\C/C=C\C/C=C\C/C=C\C/C=C\C/C=C\CCC(=O)O[C@H](COC(=O)CCCCCCC/C=C\C/C=C\CCCCC)COP(=O)(O)OC[C@@H](O)COP(=O)(O)OC[C@@H](COC(=O)CCCCCCC/C=C\C/C=C\CCCCC)OC(=O)CCCCCCCCCCCCCCCCC. The molecule has 0 radical (unpaired) electrons. The summed E-state index contributed by atoms with van der Waals surface area (Å²) in [5, 5.41) is 10.6. The van der Waals surface area contributed by atoms with Gasteiger partial charge < -0.3 is 33.8 Å². The van der Waals surface area contributed by atoms with E-state index in [9.17, 15) is 43.2 Å². The molecule has 0 saturated carbocycles. The average molecular weight is 1500 g/mol. The molecular formula is C85H146O17P2. The van der Waals surface area contributed by atoms with Crippen LogP contribution in [0.1, 0.15) is 336 Å². The zero-order chi connectivity index (χ0) is 76.0. The standard InChI is InChI=1S/C85H146O17P2/c1-5-9-13-17-21-25-29-33-37-38-39-40-44-48-52-56-60-64-68-72-85(90)102-81(76-96-83(88)70-66-62-58-54-50-46-42-35-31-27-23-19-15-11-7-3)78-100-104(93,94)98-74-79(86)73-97-103(91,92)99-77-80(101-84(89)71-67-63-59-55-51-47-43-36-32-28-24-20-16-12-8-4)75-95-82(87)69-65-61-57-53-49-45-41-34-30-26-22-18-14-10-6-2/h9,13,21-23,25-27,33-35,37,39-42,48,52,60,64,79-81,86H,5-8,10-12,14-20,24,28-32,36,38,43-47,49-51,53-59,61-63,65-78H2,1-4H3,(H,91,92)(H,93,94)/b13-9-,25-21-,26-22-,27-23-,37-33-,40-39-,41-34-,42-35-,52-48-,64-60-/t79-,80+,81+/m0/s1. The van der Waals surface area contributed by atoms with E-state index in [0.29, 0.717) is 32.1 Å². The minimum absolute atomic E-state index is 0.0352. The largest absolute Gasteiger partial charge is 0.472 e. The van der Waals surface area contributed by atoms with E-state index in [0.717, 1.165) is 148 Å². The Morgan fingerprint density at radius 1 is 0.279 bits per heavy atom. The molecule has 0 aliphatic carbocycles. The first-order chi connectivity index (χ1) is 50.7. The van der Waals surface area contributed by atoms with E-state index in [2.05, 4.69) is 131 Å². The predicted octanol–water partition coefficient (Wildman–Crippen LogP) is 23.9. The van der Waals surface area contributed by atoms with E-state index in [1.54, 1.807) is 0 Å². The number of carbonyl (C=O) groups excluding carboxylic acids is 4. The molecule has 0 spiro atoms. The number of phosphoric ester groups is 2.